The van der Waals surface area contributed by atoms with Crippen LogP contribution >= 0.6 is 12.4 Å². The smallest absolute Gasteiger partial charge is 0.240 e. The maximum absolute atomic E-state index is 12.5. The van der Waals surface area contributed by atoms with Crippen molar-refractivity contribution in [2.75, 3.05) is 26.7 Å². The van der Waals surface area contributed by atoms with Crippen LogP contribution in [-0.2, 0) is 20.0 Å². The second kappa shape index (κ2) is 8.32. The summed E-state index contributed by atoms with van der Waals surface area (Å²) in [7, 11) is -5.96. The Hall–Kier alpha value is -0.710. The molecule has 1 heterocycles. The van der Waals surface area contributed by atoms with Gasteiger partial charge in [0.2, 0.25) is 20.0 Å². The molecule has 1 aromatic rings. The second-order valence-electron chi connectivity index (χ2n) is 6.52. The summed E-state index contributed by atoms with van der Waals surface area (Å²) in [5.74, 6) is 0. The molecule has 0 unspecified atom stereocenters. The predicted molar refractivity (Wildman–Crippen MR) is 100 cm³/mol. The molecular weight excluding hydrogens is 386 g/mol. The summed E-state index contributed by atoms with van der Waals surface area (Å²) < 4.78 is 53.7. The fourth-order valence-electron chi connectivity index (χ4n) is 2.76. The van der Waals surface area contributed by atoms with Crippen molar-refractivity contribution in [3.63, 3.8) is 0 Å². The van der Waals surface area contributed by atoms with Crippen LogP contribution in [0.25, 0.3) is 0 Å². The lowest BCUT2D eigenvalue weighted by Gasteiger charge is -2.34. The van der Waals surface area contributed by atoms with Gasteiger partial charge in [0.05, 0.1) is 9.79 Å². The lowest BCUT2D eigenvalue weighted by molar-refractivity contribution is 0.232. The summed E-state index contributed by atoms with van der Waals surface area (Å²) in [6.07, 6.45) is 1.82. The Labute approximate surface area is 156 Å². The van der Waals surface area contributed by atoms with Crippen molar-refractivity contribution in [2.24, 2.45) is 5.41 Å². The molecule has 1 fully saturated rings. The summed E-state index contributed by atoms with van der Waals surface area (Å²) in [5, 5.41) is 3.26. The van der Waals surface area contributed by atoms with E-state index in [2.05, 4.69) is 21.7 Å². The van der Waals surface area contributed by atoms with Crippen molar-refractivity contribution in [1.29, 1.82) is 0 Å². The van der Waals surface area contributed by atoms with Crippen LogP contribution in [0.3, 0.4) is 0 Å². The first-order valence-corrected chi connectivity index (χ1v) is 10.8. The maximum atomic E-state index is 12.5. The van der Waals surface area contributed by atoms with Gasteiger partial charge in [-0.25, -0.2) is 26.3 Å². The third-order valence-corrected chi connectivity index (χ3v) is 7.49. The molecule has 0 amide bonds. The molecule has 0 atom stereocenters. The van der Waals surface area contributed by atoms with E-state index in [0.29, 0.717) is 12.1 Å². The molecular formula is C15H26ClN3O4S2. The molecule has 144 valence electrons. The number of nitrogens with one attached hydrogen (secondary N) is 3. The highest BCUT2D eigenvalue weighted by Gasteiger charge is 2.29. The summed E-state index contributed by atoms with van der Waals surface area (Å²) in [5.41, 5.74) is 0.322. The number of piperidine rings is 1. The number of hydrogen-bond donors (Lipinski definition) is 3. The number of hydrogen-bond acceptors (Lipinski definition) is 5. The zero-order chi connectivity index (χ0) is 18.0. The zero-order valence-corrected chi connectivity index (χ0v) is 17.1. The van der Waals surface area contributed by atoms with Crippen LogP contribution in [0, 0.1) is 12.3 Å². The molecule has 0 saturated carbocycles. The van der Waals surface area contributed by atoms with E-state index in [9.17, 15) is 16.8 Å². The van der Waals surface area contributed by atoms with Crippen molar-refractivity contribution < 1.29 is 16.8 Å². The Balaban J connectivity index is 0.00000312. The van der Waals surface area contributed by atoms with E-state index >= 15 is 0 Å². The minimum absolute atomic E-state index is 0. The van der Waals surface area contributed by atoms with Crippen molar-refractivity contribution in [3.05, 3.63) is 23.8 Å². The quantitative estimate of drug-likeness (QED) is 0.647. The average Bonchev–Trinajstić information content (AvgIpc) is 2.53. The molecule has 25 heavy (non-hydrogen) atoms. The molecule has 1 aliphatic rings. The van der Waals surface area contributed by atoms with E-state index in [4.69, 9.17) is 0 Å². The van der Waals surface area contributed by atoms with E-state index in [1.165, 1.54) is 25.2 Å². The summed E-state index contributed by atoms with van der Waals surface area (Å²) in [6, 6.07) is 4.03. The second-order valence-corrected chi connectivity index (χ2v) is 10.1. The molecule has 7 nitrogen and oxygen atoms in total. The molecule has 10 heteroatoms. The average molecular weight is 412 g/mol. The number of halogens is 1. The van der Waals surface area contributed by atoms with Crippen LogP contribution in [0.5, 0.6) is 0 Å². The zero-order valence-electron chi connectivity index (χ0n) is 14.6. The van der Waals surface area contributed by atoms with E-state index in [1.807, 2.05) is 0 Å². The van der Waals surface area contributed by atoms with Gasteiger partial charge in [-0.05, 0) is 69.1 Å². The van der Waals surface area contributed by atoms with Gasteiger partial charge in [0, 0.05) is 6.54 Å². The van der Waals surface area contributed by atoms with Gasteiger partial charge in [-0.2, -0.15) is 0 Å². The number of rotatable bonds is 6. The van der Waals surface area contributed by atoms with Gasteiger partial charge in [-0.3, -0.25) is 0 Å². The largest absolute Gasteiger partial charge is 0.317 e. The third kappa shape index (κ3) is 5.38. The minimum atomic E-state index is -3.67. The van der Waals surface area contributed by atoms with Crippen LogP contribution in [0.4, 0.5) is 0 Å². The van der Waals surface area contributed by atoms with Crippen molar-refractivity contribution in [3.8, 4) is 0 Å². The van der Waals surface area contributed by atoms with Crippen LogP contribution in [0.2, 0.25) is 0 Å². The lowest BCUT2D eigenvalue weighted by Crippen LogP contribution is -2.42. The molecule has 0 radical (unpaired) electrons. The summed E-state index contributed by atoms with van der Waals surface area (Å²) in [6.45, 7) is 5.79. The fraction of sp³-hybridized carbons (Fsp3) is 0.600. The number of aryl methyl sites for hydroxylation is 1. The third-order valence-electron chi connectivity index (χ3n) is 4.51. The topological polar surface area (TPSA) is 104 Å². The number of sulfonamides is 2. The molecule has 0 aliphatic carbocycles. The molecule has 1 saturated heterocycles. The Morgan fingerprint density at radius 3 is 2.24 bits per heavy atom. The molecule has 0 bridgehead atoms. The highest BCUT2D eigenvalue weighted by atomic mass is 35.5. The van der Waals surface area contributed by atoms with Crippen molar-refractivity contribution >= 4 is 32.5 Å². The van der Waals surface area contributed by atoms with Crippen LogP contribution in [-0.4, -0.2) is 43.5 Å². The first kappa shape index (κ1) is 22.3. The molecule has 0 spiro atoms. The molecule has 0 aromatic heterocycles. The standard InChI is InChI=1S/C15H25N3O4S2.ClH/c1-12-10-13(4-5-14(12)24(21,22)16-3)23(19,20)18-11-15(2)6-8-17-9-7-15;/h4-5,10,16-18H,6-9,11H2,1-3H3;1H. The predicted octanol–water partition coefficient (Wildman–Crippen LogP) is 0.993. The van der Waals surface area contributed by atoms with Gasteiger partial charge in [-0.15, -0.1) is 12.4 Å². The summed E-state index contributed by atoms with van der Waals surface area (Å²) >= 11 is 0. The normalized spacial score (nSPS) is 17.7. The summed E-state index contributed by atoms with van der Waals surface area (Å²) in [4.78, 5) is 0.154. The molecule has 1 aliphatic heterocycles. The molecule has 2 rings (SSSR count). The van der Waals surface area contributed by atoms with Gasteiger partial charge in [0.25, 0.3) is 0 Å². The van der Waals surface area contributed by atoms with E-state index < -0.39 is 20.0 Å². The van der Waals surface area contributed by atoms with Crippen LogP contribution in [0.1, 0.15) is 25.3 Å². The lowest BCUT2D eigenvalue weighted by atomic mass is 9.81. The van der Waals surface area contributed by atoms with E-state index in [1.54, 1.807) is 6.92 Å². The fourth-order valence-corrected chi connectivity index (χ4v) is 4.99. The Morgan fingerprint density at radius 1 is 1.12 bits per heavy atom. The van der Waals surface area contributed by atoms with Gasteiger partial charge < -0.3 is 5.32 Å². The van der Waals surface area contributed by atoms with Crippen molar-refractivity contribution in [1.82, 2.24) is 14.8 Å². The SMILES string of the molecule is CNS(=O)(=O)c1ccc(S(=O)(=O)NCC2(C)CCNCC2)cc1C.Cl. The Bertz CT molecular complexity index is 804. The van der Waals surface area contributed by atoms with Gasteiger partial charge in [0.15, 0.2) is 0 Å². The van der Waals surface area contributed by atoms with Gasteiger partial charge in [0.1, 0.15) is 0 Å². The highest BCUT2D eigenvalue weighted by Crippen LogP contribution is 2.27. The van der Waals surface area contributed by atoms with Gasteiger partial charge in [-0.1, -0.05) is 6.92 Å². The first-order chi connectivity index (χ1) is 11.1. The Morgan fingerprint density at radius 2 is 1.72 bits per heavy atom. The molecule has 1 aromatic carbocycles. The van der Waals surface area contributed by atoms with E-state index in [0.717, 1.165) is 25.9 Å². The van der Waals surface area contributed by atoms with E-state index in [-0.39, 0.29) is 27.6 Å². The Kier molecular flexibility index (Phi) is 7.43. The molecule has 3 N–H and O–H groups in total. The van der Waals surface area contributed by atoms with Crippen molar-refractivity contribution in [2.45, 2.75) is 36.5 Å². The van der Waals surface area contributed by atoms with Gasteiger partial charge >= 0.3 is 0 Å². The number of benzene rings is 1. The van der Waals surface area contributed by atoms with Crippen LogP contribution in [0.15, 0.2) is 28.0 Å². The first-order valence-electron chi connectivity index (χ1n) is 7.84. The monoisotopic (exact) mass is 411 g/mol. The highest BCUT2D eigenvalue weighted by molar-refractivity contribution is 7.90. The van der Waals surface area contributed by atoms with Crippen LogP contribution < -0.4 is 14.8 Å². The maximum Gasteiger partial charge on any atom is 0.240 e. The minimum Gasteiger partial charge on any atom is -0.317 e.